The first-order chi connectivity index (χ1) is 21.4. The summed E-state index contributed by atoms with van der Waals surface area (Å²) in [6.45, 7) is 4.35. The SMILES string of the molecule is CNC(=O)c1cc(Nc2cc(NC(=O)c3cc(N4CCN(C)CC4)cc(C(F)(F)F)c3)ccc2C)n(-c2cc(NC)ncn2)n1. The summed E-state index contributed by atoms with van der Waals surface area (Å²) in [5.74, 6) is 0.230. The van der Waals surface area contributed by atoms with Crippen molar-refractivity contribution in [3.05, 3.63) is 77.2 Å². The fraction of sp³-hybridized carbons (Fsp3) is 0.300. The highest BCUT2D eigenvalue weighted by atomic mass is 19.4. The molecule has 2 amide bonds. The molecule has 1 aliphatic heterocycles. The van der Waals surface area contributed by atoms with Crippen LogP contribution in [-0.4, -0.2) is 83.8 Å². The summed E-state index contributed by atoms with van der Waals surface area (Å²) in [4.78, 5) is 38.1. The van der Waals surface area contributed by atoms with E-state index in [1.54, 1.807) is 37.4 Å². The predicted octanol–water partition coefficient (Wildman–Crippen LogP) is 4.14. The second-order valence-corrected chi connectivity index (χ2v) is 10.6. The van der Waals surface area contributed by atoms with E-state index in [9.17, 15) is 22.8 Å². The Hall–Kier alpha value is -5.18. The lowest BCUT2D eigenvalue weighted by Gasteiger charge is -2.34. The number of likely N-dealkylation sites (N-methyl/N-ethyl adjacent to an activating group) is 1. The number of nitrogens with zero attached hydrogens (tertiary/aromatic N) is 6. The quantitative estimate of drug-likeness (QED) is 0.229. The van der Waals surface area contributed by atoms with Crippen LogP contribution >= 0.6 is 0 Å². The van der Waals surface area contributed by atoms with Crippen LogP contribution in [0.5, 0.6) is 0 Å². The second kappa shape index (κ2) is 12.8. The molecule has 5 rings (SSSR count). The van der Waals surface area contributed by atoms with Crippen LogP contribution in [0.1, 0.15) is 32.0 Å². The maximum absolute atomic E-state index is 13.8. The van der Waals surface area contributed by atoms with Gasteiger partial charge in [-0.05, 0) is 49.9 Å². The molecule has 45 heavy (non-hydrogen) atoms. The monoisotopic (exact) mass is 622 g/mol. The first-order valence-electron chi connectivity index (χ1n) is 14.1. The zero-order valence-electron chi connectivity index (χ0n) is 25.2. The topological polar surface area (TPSA) is 132 Å². The molecule has 0 unspecified atom stereocenters. The summed E-state index contributed by atoms with van der Waals surface area (Å²) < 4.78 is 42.9. The lowest BCUT2D eigenvalue weighted by Crippen LogP contribution is -2.44. The van der Waals surface area contributed by atoms with Crippen LogP contribution in [0.3, 0.4) is 0 Å². The third kappa shape index (κ3) is 7.15. The first kappa shape index (κ1) is 31.3. The number of aryl methyl sites for hydroxylation is 1. The Labute approximate surface area is 257 Å². The van der Waals surface area contributed by atoms with Crippen molar-refractivity contribution in [3.8, 4) is 5.82 Å². The van der Waals surface area contributed by atoms with Crippen LogP contribution in [0.25, 0.3) is 5.82 Å². The summed E-state index contributed by atoms with van der Waals surface area (Å²) in [5.41, 5.74) is 1.18. The number of benzene rings is 2. The molecular weight excluding hydrogens is 589 g/mol. The normalized spacial score (nSPS) is 13.8. The van der Waals surface area contributed by atoms with E-state index in [0.717, 1.165) is 17.7 Å². The Bertz CT molecular complexity index is 1710. The zero-order chi connectivity index (χ0) is 32.3. The highest BCUT2D eigenvalue weighted by molar-refractivity contribution is 6.05. The van der Waals surface area contributed by atoms with Gasteiger partial charge in [0.05, 0.1) is 5.56 Å². The number of aromatic nitrogens is 4. The highest BCUT2D eigenvalue weighted by Gasteiger charge is 2.33. The Kier molecular flexibility index (Phi) is 8.90. The molecule has 15 heteroatoms. The molecule has 3 heterocycles. The van der Waals surface area contributed by atoms with Gasteiger partial charge in [-0.3, -0.25) is 9.59 Å². The average molecular weight is 623 g/mol. The molecule has 12 nitrogen and oxygen atoms in total. The lowest BCUT2D eigenvalue weighted by molar-refractivity contribution is -0.137. The first-order valence-corrected chi connectivity index (χ1v) is 14.1. The molecule has 0 bridgehead atoms. The van der Waals surface area contributed by atoms with E-state index < -0.39 is 23.6 Å². The number of rotatable bonds is 8. The minimum absolute atomic E-state index is 0.105. The van der Waals surface area contributed by atoms with Gasteiger partial charge in [0.2, 0.25) is 0 Å². The molecule has 1 saturated heterocycles. The molecule has 236 valence electrons. The van der Waals surface area contributed by atoms with Gasteiger partial charge in [0.15, 0.2) is 11.5 Å². The van der Waals surface area contributed by atoms with Gasteiger partial charge in [-0.2, -0.15) is 23.0 Å². The van der Waals surface area contributed by atoms with Crippen LogP contribution in [0, 0.1) is 6.92 Å². The number of carbonyl (C=O) groups is 2. The van der Waals surface area contributed by atoms with Gasteiger partial charge in [0.1, 0.15) is 18.0 Å². The van der Waals surface area contributed by atoms with Crippen molar-refractivity contribution in [2.45, 2.75) is 13.1 Å². The number of nitrogens with one attached hydrogen (secondary N) is 4. The number of piperazine rings is 1. The Morgan fingerprint density at radius 1 is 0.911 bits per heavy atom. The lowest BCUT2D eigenvalue weighted by atomic mass is 10.1. The zero-order valence-corrected chi connectivity index (χ0v) is 25.2. The fourth-order valence-corrected chi connectivity index (χ4v) is 4.81. The molecule has 1 aliphatic rings. The van der Waals surface area contributed by atoms with Crippen LogP contribution in [0.2, 0.25) is 0 Å². The number of anilines is 5. The third-order valence-corrected chi connectivity index (χ3v) is 7.43. The largest absolute Gasteiger partial charge is 0.416 e. The number of hydrogen-bond donors (Lipinski definition) is 4. The van der Waals surface area contributed by atoms with Crippen LogP contribution < -0.4 is 26.2 Å². The van der Waals surface area contributed by atoms with E-state index in [0.29, 0.717) is 60.7 Å². The number of halogens is 3. The molecule has 0 atom stereocenters. The van der Waals surface area contributed by atoms with Crippen molar-refractivity contribution in [2.75, 3.05) is 68.2 Å². The van der Waals surface area contributed by atoms with Crippen LogP contribution in [-0.2, 0) is 6.18 Å². The van der Waals surface area contributed by atoms with E-state index in [1.807, 2.05) is 18.9 Å². The van der Waals surface area contributed by atoms with Gasteiger partial charge in [-0.15, -0.1) is 0 Å². The number of amides is 2. The van der Waals surface area contributed by atoms with Gasteiger partial charge in [0, 0.05) is 75.0 Å². The van der Waals surface area contributed by atoms with E-state index in [1.165, 1.54) is 24.1 Å². The minimum Gasteiger partial charge on any atom is -0.373 e. The van der Waals surface area contributed by atoms with Crippen molar-refractivity contribution in [1.29, 1.82) is 0 Å². The summed E-state index contributed by atoms with van der Waals surface area (Å²) in [6.07, 6.45) is -3.26. The molecule has 2 aromatic heterocycles. The Morgan fingerprint density at radius 2 is 1.67 bits per heavy atom. The smallest absolute Gasteiger partial charge is 0.373 e. The molecule has 1 fully saturated rings. The van der Waals surface area contributed by atoms with E-state index in [-0.39, 0.29) is 11.3 Å². The molecule has 0 saturated carbocycles. The molecule has 2 aromatic carbocycles. The number of hydrogen-bond acceptors (Lipinski definition) is 9. The maximum atomic E-state index is 13.8. The van der Waals surface area contributed by atoms with Gasteiger partial charge < -0.3 is 31.1 Å². The van der Waals surface area contributed by atoms with E-state index in [4.69, 9.17) is 0 Å². The minimum atomic E-state index is -4.62. The molecule has 4 aromatic rings. The molecule has 0 aliphatic carbocycles. The summed E-state index contributed by atoms with van der Waals surface area (Å²) in [5, 5.41) is 15.9. The van der Waals surface area contributed by atoms with Crippen molar-refractivity contribution in [1.82, 2.24) is 30.0 Å². The number of alkyl halides is 3. The molecule has 4 N–H and O–H groups in total. The van der Waals surface area contributed by atoms with Crippen molar-refractivity contribution in [2.24, 2.45) is 0 Å². The van der Waals surface area contributed by atoms with E-state index >= 15 is 0 Å². The van der Waals surface area contributed by atoms with Crippen LogP contribution in [0.4, 0.5) is 41.9 Å². The maximum Gasteiger partial charge on any atom is 0.416 e. The molecule has 0 spiro atoms. The van der Waals surface area contributed by atoms with Crippen molar-refractivity contribution in [3.63, 3.8) is 0 Å². The van der Waals surface area contributed by atoms with E-state index in [2.05, 4.69) is 41.2 Å². The van der Waals surface area contributed by atoms with Crippen molar-refractivity contribution < 1.29 is 22.8 Å². The predicted molar refractivity (Wildman–Crippen MR) is 166 cm³/mol. The highest BCUT2D eigenvalue weighted by Crippen LogP contribution is 2.34. The molecular formula is C30H33F3N10O2. The average Bonchev–Trinajstić information content (AvgIpc) is 3.45. The van der Waals surface area contributed by atoms with Crippen molar-refractivity contribution >= 4 is 40.5 Å². The molecule has 0 radical (unpaired) electrons. The standard InChI is InChI=1S/C30H33F3N10O2/c1-18-5-6-21(38-28(44)19-11-20(30(31,32)33)13-22(12-19)42-9-7-41(4)8-10-42)14-23(18)39-27-15-24(29(45)35-3)40-43(27)26-16-25(34-2)36-17-37-26/h5-6,11-17,39H,7-10H2,1-4H3,(H,35,45)(H,38,44)(H,34,36,37). The number of carbonyl (C=O) groups excluding carboxylic acids is 2. The van der Waals surface area contributed by atoms with Crippen LogP contribution in [0.15, 0.2) is 54.9 Å². The summed E-state index contributed by atoms with van der Waals surface area (Å²) >= 11 is 0. The Balaban J connectivity index is 1.44. The van der Waals surface area contributed by atoms with Gasteiger partial charge in [-0.25, -0.2) is 9.97 Å². The van der Waals surface area contributed by atoms with Gasteiger partial charge in [0.25, 0.3) is 11.8 Å². The summed E-state index contributed by atoms with van der Waals surface area (Å²) in [6, 6.07) is 11.7. The third-order valence-electron chi connectivity index (χ3n) is 7.43. The fourth-order valence-electron chi connectivity index (χ4n) is 4.81. The van der Waals surface area contributed by atoms with Gasteiger partial charge in [-0.1, -0.05) is 6.07 Å². The summed E-state index contributed by atoms with van der Waals surface area (Å²) in [7, 11) is 5.16. The second-order valence-electron chi connectivity index (χ2n) is 10.6. The van der Waals surface area contributed by atoms with Gasteiger partial charge >= 0.3 is 6.18 Å². The Morgan fingerprint density at radius 3 is 2.36 bits per heavy atom.